The fourth-order valence-electron chi connectivity index (χ4n) is 5.29. The van der Waals surface area contributed by atoms with E-state index in [2.05, 4.69) is 5.32 Å². The summed E-state index contributed by atoms with van der Waals surface area (Å²) in [6.45, 7) is 2.49. The summed E-state index contributed by atoms with van der Waals surface area (Å²) in [6, 6.07) is 15.3. The molecule has 1 aliphatic heterocycles. The number of carbonyl (C=O) groups is 2. The van der Waals surface area contributed by atoms with Crippen LogP contribution in [0.15, 0.2) is 48.5 Å². The molecule has 34 heavy (non-hydrogen) atoms. The third-order valence-corrected chi connectivity index (χ3v) is 7.72. The van der Waals surface area contributed by atoms with Crippen molar-refractivity contribution in [1.29, 1.82) is 0 Å². The predicted octanol–water partition coefficient (Wildman–Crippen LogP) is 5.17. The number of benzene rings is 2. The van der Waals surface area contributed by atoms with Crippen LogP contribution in [0.4, 0.5) is 0 Å². The molecule has 1 aromatic heterocycles. The van der Waals surface area contributed by atoms with Crippen LogP contribution in [-0.2, 0) is 17.9 Å². The van der Waals surface area contributed by atoms with Gasteiger partial charge in [-0.05, 0) is 49.6 Å². The summed E-state index contributed by atoms with van der Waals surface area (Å²) in [5, 5.41) is 4.80. The Bertz CT molecular complexity index is 1250. The van der Waals surface area contributed by atoms with Gasteiger partial charge < -0.3 is 19.5 Å². The standard InChI is InChI=1S/C27H30ClN3O3/c1-27(26(33)29-20-9-4-3-5-10-20)17-30-23-15-21(34-2)13-12-18(23)14-24(30)25(32)31(27)16-19-8-6-7-11-22(19)28/h6-8,11-15,20H,3-5,9-10,16-17H2,1-2H3,(H,29,33). The highest BCUT2D eigenvalue weighted by Gasteiger charge is 2.48. The molecule has 1 saturated carbocycles. The van der Waals surface area contributed by atoms with Crippen LogP contribution in [-0.4, -0.2) is 40.0 Å². The van der Waals surface area contributed by atoms with Crippen LogP contribution in [0, 0.1) is 0 Å². The Morgan fingerprint density at radius 3 is 2.65 bits per heavy atom. The first-order valence-corrected chi connectivity index (χ1v) is 12.3. The van der Waals surface area contributed by atoms with Gasteiger partial charge in [-0.1, -0.05) is 49.1 Å². The van der Waals surface area contributed by atoms with Gasteiger partial charge in [-0.3, -0.25) is 9.59 Å². The number of amides is 2. The number of rotatable bonds is 5. The van der Waals surface area contributed by atoms with E-state index >= 15 is 0 Å². The van der Waals surface area contributed by atoms with Gasteiger partial charge in [0.25, 0.3) is 5.91 Å². The van der Waals surface area contributed by atoms with E-state index in [1.807, 2.05) is 60.0 Å². The van der Waals surface area contributed by atoms with Crippen molar-refractivity contribution >= 4 is 34.3 Å². The lowest BCUT2D eigenvalue weighted by atomic mass is 9.91. The lowest BCUT2D eigenvalue weighted by molar-refractivity contribution is -0.134. The monoisotopic (exact) mass is 479 g/mol. The molecule has 6 nitrogen and oxygen atoms in total. The summed E-state index contributed by atoms with van der Waals surface area (Å²) in [4.78, 5) is 29.4. The molecule has 2 aliphatic rings. The second-order valence-electron chi connectivity index (χ2n) is 9.61. The van der Waals surface area contributed by atoms with E-state index in [4.69, 9.17) is 16.3 Å². The van der Waals surface area contributed by atoms with Crippen molar-refractivity contribution in [3.63, 3.8) is 0 Å². The zero-order valence-corrected chi connectivity index (χ0v) is 20.4. The van der Waals surface area contributed by atoms with Crippen molar-refractivity contribution < 1.29 is 14.3 Å². The Morgan fingerprint density at radius 1 is 1.15 bits per heavy atom. The minimum Gasteiger partial charge on any atom is -0.497 e. The maximum atomic E-state index is 13.9. The van der Waals surface area contributed by atoms with Crippen LogP contribution in [0.25, 0.3) is 10.9 Å². The van der Waals surface area contributed by atoms with Gasteiger partial charge in [0.15, 0.2) is 0 Å². The lowest BCUT2D eigenvalue weighted by Crippen LogP contribution is -2.64. The average Bonchev–Trinajstić information content (AvgIpc) is 3.21. The zero-order valence-electron chi connectivity index (χ0n) is 19.6. The SMILES string of the molecule is COc1ccc2cc3n(c2c1)CC(C)(C(=O)NC1CCCCC1)N(Cc1ccccc1Cl)C3=O. The highest BCUT2D eigenvalue weighted by molar-refractivity contribution is 6.31. The van der Waals surface area contributed by atoms with Crippen LogP contribution in [0.1, 0.15) is 55.1 Å². The van der Waals surface area contributed by atoms with Crippen LogP contribution >= 0.6 is 11.6 Å². The van der Waals surface area contributed by atoms with E-state index in [0.717, 1.165) is 42.1 Å². The average molecular weight is 480 g/mol. The number of ether oxygens (including phenoxy) is 1. The molecular formula is C27H30ClN3O3. The van der Waals surface area contributed by atoms with Gasteiger partial charge in [0, 0.05) is 29.1 Å². The number of methoxy groups -OCH3 is 1. The summed E-state index contributed by atoms with van der Waals surface area (Å²) < 4.78 is 7.38. The number of fused-ring (bicyclic) bond motifs is 3. The molecule has 7 heteroatoms. The van der Waals surface area contributed by atoms with Crippen molar-refractivity contribution in [2.75, 3.05) is 7.11 Å². The molecule has 5 rings (SSSR count). The van der Waals surface area contributed by atoms with E-state index in [-0.39, 0.29) is 24.4 Å². The molecule has 2 amide bonds. The maximum Gasteiger partial charge on any atom is 0.271 e. The number of nitrogens with zero attached hydrogens (tertiary/aromatic N) is 2. The van der Waals surface area contributed by atoms with E-state index < -0.39 is 5.54 Å². The number of nitrogens with one attached hydrogen (secondary N) is 1. The molecule has 178 valence electrons. The van der Waals surface area contributed by atoms with E-state index in [9.17, 15) is 9.59 Å². The van der Waals surface area contributed by atoms with Gasteiger partial charge in [0.1, 0.15) is 17.0 Å². The molecule has 0 radical (unpaired) electrons. The first-order valence-electron chi connectivity index (χ1n) is 11.9. The zero-order chi connectivity index (χ0) is 23.9. The molecule has 2 heterocycles. The molecule has 0 bridgehead atoms. The Kier molecular flexibility index (Phi) is 6.02. The quantitative estimate of drug-likeness (QED) is 0.549. The number of hydrogen-bond donors (Lipinski definition) is 1. The minimum absolute atomic E-state index is 0.116. The van der Waals surface area contributed by atoms with Crippen molar-refractivity contribution in [2.45, 2.75) is 63.7 Å². The largest absolute Gasteiger partial charge is 0.497 e. The van der Waals surface area contributed by atoms with Gasteiger partial charge in [-0.2, -0.15) is 0 Å². The summed E-state index contributed by atoms with van der Waals surface area (Å²) in [5.41, 5.74) is 1.20. The van der Waals surface area contributed by atoms with Crippen molar-refractivity contribution in [2.24, 2.45) is 0 Å². The normalized spacial score (nSPS) is 20.9. The molecule has 1 aliphatic carbocycles. The third kappa shape index (κ3) is 3.94. The Labute approximate surface area is 204 Å². The Balaban J connectivity index is 1.58. The van der Waals surface area contributed by atoms with Crippen molar-refractivity contribution in [3.8, 4) is 5.75 Å². The fourth-order valence-corrected chi connectivity index (χ4v) is 5.49. The second-order valence-corrected chi connectivity index (χ2v) is 10.0. The second kappa shape index (κ2) is 8.99. The van der Waals surface area contributed by atoms with Crippen LogP contribution < -0.4 is 10.1 Å². The lowest BCUT2D eigenvalue weighted by Gasteiger charge is -2.45. The molecule has 1 unspecified atom stereocenters. The van der Waals surface area contributed by atoms with E-state index in [1.54, 1.807) is 12.0 Å². The highest BCUT2D eigenvalue weighted by Crippen LogP contribution is 2.36. The summed E-state index contributed by atoms with van der Waals surface area (Å²) >= 11 is 6.46. The number of carbonyl (C=O) groups excluding carboxylic acids is 2. The molecular weight excluding hydrogens is 450 g/mol. The van der Waals surface area contributed by atoms with Crippen molar-refractivity contribution in [1.82, 2.24) is 14.8 Å². The highest BCUT2D eigenvalue weighted by atomic mass is 35.5. The summed E-state index contributed by atoms with van der Waals surface area (Å²) in [5.74, 6) is 0.422. The maximum absolute atomic E-state index is 13.9. The minimum atomic E-state index is -1.07. The van der Waals surface area contributed by atoms with Gasteiger partial charge in [0.05, 0.1) is 19.2 Å². The summed E-state index contributed by atoms with van der Waals surface area (Å²) in [6.07, 6.45) is 5.41. The molecule has 1 atom stereocenters. The van der Waals surface area contributed by atoms with Gasteiger partial charge in [0.2, 0.25) is 5.91 Å². The topological polar surface area (TPSA) is 63.6 Å². The molecule has 3 aromatic rings. The molecule has 0 saturated heterocycles. The smallest absolute Gasteiger partial charge is 0.271 e. The molecule has 0 spiro atoms. The first kappa shape index (κ1) is 22.8. The Morgan fingerprint density at radius 2 is 1.91 bits per heavy atom. The fraction of sp³-hybridized carbons (Fsp3) is 0.407. The van der Waals surface area contributed by atoms with Crippen LogP contribution in [0.2, 0.25) is 5.02 Å². The van der Waals surface area contributed by atoms with Crippen LogP contribution in [0.5, 0.6) is 5.75 Å². The van der Waals surface area contributed by atoms with E-state index in [0.29, 0.717) is 23.0 Å². The molecule has 1 N–H and O–H groups in total. The van der Waals surface area contributed by atoms with Gasteiger partial charge in [-0.25, -0.2) is 0 Å². The predicted molar refractivity (Wildman–Crippen MR) is 133 cm³/mol. The molecule has 2 aromatic carbocycles. The van der Waals surface area contributed by atoms with Gasteiger partial charge in [-0.15, -0.1) is 0 Å². The van der Waals surface area contributed by atoms with Gasteiger partial charge >= 0.3 is 0 Å². The number of aromatic nitrogens is 1. The Hall–Kier alpha value is -2.99. The number of hydrogen-bond acceptors (Lipinski definition) is 3. The molecule has 1 fully saturated rings. The summed E-state index contributed by atoms with van der Waals surface area (Å²) in [7, 11) is 1.62. The third-order valence-electron chi connectivity index (χ3n) is 7.35. The first-order chi connectivity index (χ1) is 16.4. The van der Waals surface area contributed by atoms with Crippen molar-refractivity contribution in [3.05, 3.63) is 64.8 Å². The van der Waals surface area contributed by atoms with Crippen LogP contribution in [0.3, 0.4) is 0 Å². The number of halogens is 1. The van der Waals surface area contributed by atoms with E-state index in [1.165, 1.54) is 6.42 Å².